The van der Waals surface area contributed by atoms with Gasteiger partial charge in [0, 0.05) is 12.1 Å². The molecule has 1 atom stereocenters. The number of fused-ring (bicyclic) bond motifs is 1. The molecule has 0 saturated heterocycles. The molecule has 2 N–H and O–H groups in total. The molecule has 1 aromatic carbocycles. The maximum Gasteiger partial charge on any atom is 0.241 e. The van der Waals surface area contributed by atoms with Crippen LogP contribution in [0, 0.1) is 0 Å². The molecule has 1 saturated carbocycles. The molecule has 1 aromatic rings. The number of nitrogens with one attached hydrogen (secondary N) is 2. The van der Waals surface area contributed by atoms with Crippen LogP contribution in [0.5, 0.6) is 11.5 Å². The van der Waals surface area contributed by atoms with Crippen molar-refractivity contribution in [1.82, 2.24) is 10.0 Å². The van der Waals surface area contributed by atoms with Crippen LogP contribution >= 0.6 is 11.8 Å². The number of hydrogen-bond donors (Lipinski definition) is 2. The highest BCUT2D eigenvalue weighted by Gasteiger charge is 2.28. The summed E-state index contributed by atoms with van der Waals surface area (Å²) >= 11 is 1.59. The number of amides is 1. The minimum atomic E-state index is -3.87. The number of thioether (sulfide) groups is 1. The summed E-state index contributed by atoms with van der Waals surface area (Å²) < 4.78 is 39.4. The number of hydrogen-bond acceptors (Lipinski definition) is 6. The zero-order chi connectivity index (χ0) is 20.7. The predicted octanol–water partition coefficient (Wildman–Crippen LogP) is 2.70. The van der Waals surface area contributed by atoms with E-state index >= 15 is 0 Å². The van der Waals surface area contributed by atoms with E-state index in [2.05, 4.69) is 10.0 Å². The minimum Gasteiger partial charge on any atom is -0.486 e. The first-order chi connectivity index (χ1) is 14.0. The fraction of sp³-hybridized carbons (Fsp3) is 0.650. The zero-order valence-corrected chi connectivity index (χ0v) is 18.4. The quantitative estimate of drug-likeness (QED) is 0.601. The van der Waals surface area contributed by atoms with Crippen LogP contribution < -0.4 is 19.5 Å². The van der Waals surface area contributed by atoms with Crippen LogP contribution in [0.2, 0.25) is 0 Å². The highest BCUT2D eigenvalue weighted by Crippen LogP contribution is 2.32. The molecule has 0 unspecified atom stereocenters. The van der Waals surface area contributed by atoms with Gasteiger partial charge in [-0.15, -0.1) is 0 Å². The van der Waals surface area contributed by atoms with Crippen LogP contribution in [0.4, 0.5) is 0 Å². The smallest absolute Gasteiger partial charge is 0.241 e. The molecule has 0 radical (unpaired) electrons. The third-order valence-corrected chi connectivity index (χ3v) is 7.36. The third kappa shape index (κ3) is 6.26. The van der Waals surface area contributed by atoms with Gasteiger partial charge in [0.05, 0.1) is 4.90 Å². The number of rotatable bonds is 8. The maximum atomic E-state index is 12.9. The molecule has 0 spiro atoms. The molecule has 2 aliphatic rings. The summed E-state index contributed by atoms with van der Waals surface area (Å²) in [5.41, 5.74) is 0. The average Bonchev–Trinajstić information content (AvgIpc) is 2.99. The molecule has 29 heavy (non-hydrogen) atoms. The lowest BCUT2D eigenvalue weighted by molar-refractivity contribution is -0.123. The normalized spacial score (nSPS) is 18.7. The molecular formula is C20H30N2O5S2. The number of ether oxygens (including phenoxy) is 2. The first-order valence-electron chi connectivity index (χ1n) is 10.2. The van der Waals surface area contributed by atoms with Crippen molar-refractivity contribution in [2.45, 2.75) is 61.9 Å². The number of carbonyl (C=O) groups is 1. The van der Waals surface area contributed by atoms with E-state index in [0.717, 1.165) is 25.7 Å². The standard InChI is InChI=1S/C20H30N2O5S2/c1-28-13-10-17(20(23)21-15-6-4-2-3-5-7-15)22-29(24,25)16-8-9-18-19(14-16)27-12-11-26-18/h8-9,14-15,17,22H,2-7,10-13H2,1H3,(H,21,23)/t17-/m1/s1. The highest BCUT2D eigenvalue weighted by atomic mass is 32.2. The molecule has 0 bridgehead atoms. The van der Waals surface area contributed by atoms with Crippen LogP contribution in [0.15, 0.2) is 23.1 Å². The molecular weight excluding hydrogens is 412 g/mol. The van der Waals surface area contributed by atoms with E-state index in [4.69, 9.17) is 9.47 Å². The van der Waals surface area contributed by atoms with Crippen molar-refractivity contribution in [2.75, 3.05) is 25.2 Å². The van der Waals surface area contributed by atoms with E-state index in [0.29, 0.717) is 36.9 Å². The molecule has 9 heteroatoms. The molecule has 1 aliphatic carbocycles. The summed E-state index contributed by atoms with van der Waals surface area (Å²) in [4.78, 5) is 12.9. The Morgan fingerprint density at radius 3 is 2.52 bits per heavy atom. The summed E-state index contributed by atoms with van der Waals surface area (Å²) in [5, 5.41) is 3.07. The van der Waals surface area contributed by atoms with Gasteiger partial charge in [-0.25, -0.2) is 8.42 Å². The molecule has 7 nitrogen and oxygen atoms in total. The molecule has 1 heterocycles. The second-order valence-corrected chi connectivity index (χ2v) is 10.2. The first kappa shape index (κ1) is 22.2. The summed E-state index contributed by atoms with van der Waals surface area (Å²) in [6.07, 6.45) is 8.87. The van der Waals surface area contributed by atoms with Crippen molar-refractivity contribution >= 4 is 27.7 Å². The fourth-order valence-electron chi connectivity index (χ4n) is 3.65. The number of sulfonamides is 1. The summed E-state index contributed by atoms with van der Waals surface area (Å²) in [7, 11) is -3.87. The topological polar surface area (TPSA) is 93.7 Å². The first-order valence-corrected chi connectivity index (χ1v) is 13.1. The van der Waals surface area contributed by atoms with E-state index in [1.807, 2.05) is 6.26 Å². The van der Waals surface area contributed by atoms with E-state index in [1.165, 1.54) is 25.0 Å². The Balaban J connectivity index is 1.71. The Hall–Kier alpha value is -1.45. The summed E-state index contributed by atoms with van der Waals surface area (Å²) in [6.45, 7) is 0.819. The Kier molecular flexibility index (Phi) is 8.08. The van der Waals surface area contributed by atoms with Crippen molar-refractivity contribution in [3.8, 4) is 11.5 Å². The van der Waals surface area contributed by atoms with Crippen molar-refractivity contribution in [2.24, 2.45) is 0 Å². The molecule has 0 aromatic heterocycles. The van der Waals surface area contributed by atoms with E-state index in [9.17, 15) is 13.2 Å². The van der Waals surface area contributed by atoms with Crippen LogP contribution in [-0.2, 0) is 14.8 Å². The SMILES string of the molecule is CSCC[C@@H](NS(=O)(=O)c1ccc2c(c1)OCCO2)C(=O)NC1CCCCCC1. The van der Waals surface area contributed by atoms with E-state index in [1.54, 1.807) is 17.8 Å². The molecule has 1 amide bonds. The van der Waals surface area contributed by atoms with Crippen LogP contribution in [0.25, 0.3) is 0 Å². The fourth-order valence-corrected chi connectivity index (χ4v) is 5.37. The Morgan fingerprint density at radius 2 is 1.83 bits per heavy atom. The van der Waals surface area contributed by atoms with Gasteiger partial charge < -0.3 is 14.8 Å². The molecule has 3 rings (SSSR count). The van der Waals surface area contributed by atoms with Crippen molar-refractivity contribution < 1.29 is 22.7 Å². The number of benzene rings is 1. The zero-order valence-electron chi connectivity index (χ0n) is 16.8. The summed E-state index contributed by atoms with van der Waals surface area (Å²) in [6, 6.07) is 3.84. The lowest BCUT2D eigenvalue weighted by Gasteiger charge is -2.23. The highest BCUT2D eigenvalue weighted by molar-refractivity contribution is 7.98. The largest absolute Gasteiger partial charge is 0.486 e. The number of carbonyl (C=O) groups excluding carboxylic acids is 1. The Morgan fingerprint density at radius 1 is 1.14 bits per heavy atom. The Bertz CT molecular complexity index is 792. The van der Waals surface area contributed by atoms with Gasteiger partial charge in [0.15, 0.2) is 11.5 Å². The van der Waals surface area contributed by atoms with E-state index < -0.39 is 16.1 Å². The minimum absolute atomic E-state index is 0.0677. The Labute approximate surface area is 177 Å². The lowest BCUT2D eigenvalue weighted by atomic mass is 10.1. The summed E-state index contributed by atoms with van der Waals surface area (Å²) in [5.74, 6) is 1.38. The second-order valence-electron chi connectivity index (χ2n) is 7.46. The predicted molar refractivity (Wildman–Crippen MR) is 114 cm³/mol. The van der Waals surface area contributed by atoms with Crippen LogP contribution in [0.3, 0.4) is 0 Å². The molecule has 162 valence electrons. The molecule has 1 fully saturated rings. The van der Waals surface area contributed by atoms with Crippen LogP contribution in [-0.4, -0.2) is 51.6 Å². The molecule has 1 aliphatic heterocycles. The van der Waals surface area contributed by atoms with Crippen molar-refractivity contribution in [3.05, 3.63) is 18.2 Å². The van der Waals surface area contributed by atoms with Gasteiger partial charge in [-0.05, 0) is 43.4 Å². The maximum absolute atomic E-state index is 12.9. The van der Waals surface area contributed by atoms with Crippen molar-refractivity contribution in [3.63, 3.8) is 0 Å². The van der Waals surface area contributed by atoms with Gasteiger partial charge in [0.2, 0.25) is 15.9 Å². The van der Waals surface area contributed by atoms with Gasteiger partial charge in [-0.2, -0.15) is 16.5 Å². The van der Waals surface area contributed by atoms with Gasteiger partial charge in [-0.1, -0.05) is 25.7 Å². The monoisotopic (exact) mass is 442 g/mol. The van der Waals surface area contributed by atoms with Gasteiger partial charge >= 0.3 is 0 Å². The van der Waals surface area contributed by atoms with Gasteiger partial charge in [0.1, 0.15) is 19.3 Å². The van der Waals surface area contributed by atoms with E-state index in [-0.39, 0.29) is 16.8 Å². The van der Waals surface area contributed by atoms with Gasteiger partial charge in [-0.3, -0.25) is 4.79 Å². The van der Waals surface area contributed by atoms with Crippen molar-refractivity contribution in [1.29, 1.82) is 0 Å². The average molecular weight is 443 g/mol. The lowest BCUT2D eigenvalue weighted by Crippen LogP contribution is -2.49. The third-order valence-electron chi connectivity index (χ3n) is 5.25. The second kappa shape index (κ2) is 10.5. The van der Waals surface area contributed by atoms with Gasteiger partial charge in [0.25, 0.3) is 0 Å². The van der Waals surface area contributed by atoms with Crippen LogP contribution in [0.1, 0.15) is 44.9 Å².